The summed E-state index contributed by atoms with van der Waals surface area (Å²) < 4.78 is 21.8. The van der Waals surface area contributed by atoms with E-state index in [1.54, 1.807) is 7.11 Å². The van der Waals surface area contributed by atoms with Crippen molar-refractivity contribution in [2.24, 2.45) is 0 Å². The summed E-state index contributed by atoms with van der Waals surface area (Å²) in [5.74, 6) is -0.287. The lowest BCUT2D eigenvalue weighted by atomic mass is 10.1. The van der Waals surface area contributed by atoms with Gasteiger partial charge in [0, 0.05) is 20.6 Å². The number of fused-ring (bicyclic) bond motifs is 1. The molecule has 0 amide bonds. The van der Waals surface area contributed by atoms with E-state index in [4.69, 9.17) is 18.6 Å². The Morgan fingerprint density at radius 1 is 1.13 bits per heavy atom. The third-order valence-corrected chi connectivity index (χ3v) is 4.53. The number of hydrogen-bond donors (Lipinski definition) is 1. The van der Waals surface area contributed by atoms with E-state index in [0.717, 1.165) is 16.7 Å². The number of hydrogen-bond acceptors (Lipinski definition) is 7. The van der Waals surface area contributed by atoms with Gasteiger partial charge in [-0.1, -0.05) is 24.3 Å². The fourth-order valence-electron chi connectivity index (χ4n) is 2.85. The van der Waals surface area contributed by atoms with Crippen LogP contribution in [-0.2, 0) is 20.7 Å². The molecule has 3 aromatic rings. The lowest BCUT2D eigenvalue weighted by Gasteiger charge is -2.15. The van der Waals surface area contributed by atoms with Gasteiger partial charge in [-0.25, -0.2) is 4.79 Å². The number of carboxylic acids is 1. The number of nitrogens with zero attached hydrogens (tertiary/aromatic N) is 2. The standard InChI is InChI=1S/C22H26N2O6/c1-24(22-23-18-5-3-4-6-19(18)30-22)11-12-28-17-9-7-16(8-10-17)15-20(21(25)26)29-14-13-27-2/h3-10,20H,11-15H2,1-2H3,(H,25,26)/t20-/m0/s1. The molecule has 160 valence electrons. The van der Waals surface area contributed by atoms with E-state index in [2.05, 4.69) is 4.98 Å². The number of para-hydroxylation sites is 2. The van der Waals surface area contributed by atoms with Crippen molar-refractivity contribution >= 4 is 23.1 Å². The van der Waals surface area contributed by atoms with Gasteiger partial charge in [0.05, 0.1) is 19.8 Å². The molecule has 0 radical (unpaired) electrons. The van der Waals surface area contributed by atoms with Crippen molar-refractivity contribution in [3.8, 4) is 5.75 Å². The van der Waals surface area contributed by atoms with E-state index < -0.39 is 12.1 Å². The molecule has 2 aromatic carbocycles. The second kappa shape index (κ2) is 10.6. The van der Waals surface area contributed by atoms with E-state index in [0.29, 0.717) is 31.5 Å². The van der Waals surface area contributed by atoms with Crippen LogP contribution in [0.25, 0.3) is 11.1 Å². The van der Waals surface area contributed by atoms with Gasteiger partial charge in [-0.2, -0.15) is 4.98 Å². The first-order chi connectivity index (χ1) is 14.6. The molecule has 0 aliphatic heterocycles. The summed E-state index contributed by atoms with van der Waals surface area (Å²) >= 11 is 0. The van der Waals surface area contributed by atoms with Gasteiger partial charge >= 0.3 is 5.97 Å². The molecule has 0 aliphatic carbocycles. The molecule has 8 nitrogen and oxygen atoms in total. The molecule has 1 aromatic heterocycles. The molecular formula is C22H26N2O6. The predicted octanol–water partition coefficient (Wildman–Crippen LogP) is 3.00. The number of carboxylic acid groups (broad SMARTS) is 1. The monoisotopic (exact) mass is 414 g/mol. The van der Waals surface area contributed by atoms with Gasteiger partial charge in [0.25, 0.3) is 6.01 Å². The van der Waals surface area contributed by atoms with E-state index >= 15 is 0 Å². The molecule has 0 unspecified atom stereocenters. The highest BCUT2D eigenvalue weighted by Gasteiger charge is 2.18. The van der Waals surface area contributed by atoms with E-state index in [1.165, 1.54) is 0 Å². The quantitative estimate of drug-likeness (QED) is 0.452. The largest absolute Gasteiger partial charge is 0.492 e. The Bertz CT molecular complexity index is 907. The Labute approximate surface area is 175 Å². The van der Waals surface area contributed by atoms with Crippen molar-refractivity contribution in [2.75, 3.05) is 45.4 Å². The zero-order chi connectivity index (χ0) is 21.3. The molecular weight excluding hydrogens is 388 g/mol. The Kier molecular flexibility index (Phi) is 7.64. The highest BCUT2D eigenvalue weighted by atomic mass is 16.5. The third-order valence-electron chi connectivity index (χ3n) is 4.53. The first kappa shape index (κ1) is 21.6. The minimum absolute atomic E-state index is 0.238. The van der Waals surface area contributed by atoms with Gasteiger partial charge in [-0.15, -0.1) is 0 Å². The van der Waals surface area contributed by atoms with Crippen molar-refractivity contribution < 1.29 is 28.5 Å². The Morgan fingerprint density at radius 3 is 2.60 bits per heavy atom. The first-order valence-corrected chi connectivity index (χ1v) is 9.68. The summed E-state index contributed by atoms with van der Waals surface area (Å²) in [5, 5.41) is 9.29. The maximum Gasteiger partial charge on any atom is 0.333 e. The van der Waals surface area contributed by atoms with Gasteiger partial charge in [0.1, 0.15) is 17.9 Å². The minimum Gasteiger partial charge on any atom is -0.492 e. The number of aromatic nitrogens is 1. The molecule has 0 fully saturated rings. The third kappa shape index (κ3) is 5.95. The molecule has 1 N–H and O–H groups in total. The summed E-state index contributed by atoms with van der Waals surface area (Å²) in [6.45, 7) is 1.65. The number of oxazole rings is 1. The van der Waals surface area contributed by atoms with Crippen molar-refractivity contribution in [3.63, 3.8) is 0 Å². The van der Waals surface area contributed by atoms with E-state index in [9.17, 15) is 9.90 Å². The molecule has 0 saturated heterocycles. The molecule has 0 aliphatic rings. The van der Waals surface area contributed by atoms with Crippen molar-refractivity contribution in [1.29, 1.82) is 0 Å². The maximum absolute atomic E-state index is 11.3. The second-order valence-corrected chi connectivity index (χ2v) is 6.77. The van der Waals surface area contributed by atoms with Crippen LogP contribution in [0.5, 0.6) is 5.75 Å². The van der Waals surface area contributed by atoms with Gasteiger partial charge < -0.3 is 28.6 Å². The van der Waals surface area contributed by atoms with Crippen LogP contribution in [0.3, 0.4) is 0 Å². The topological polar surface area (TPSA) is 94.3 Å². The summed E-state index contributed by atoms with van der Waals surface area (Å²) in [4.78, 5) is 17.7. The average Bonchev–Trinajstić information content (AvgIpc) is 3.18. The van der Waals surface area contributed by atoms with Gasteiger partial charge in [-0.05, 0) is 29.8 Å². The number of methoxy groups -OCH3 is 1. The number of ether oxygens (including phenoxy) is 3. The van der Waals surface area contributed by atoms with Crippen LogP contribution >= 0.6 is 0 Å². The molecule has 1 heterocycles. The van der Waals surface area contributed by atoms with Crippen LogP contribution in [0.2, 0.25) is 0 Å². The Hall–Kier alpha value is -3.10. The van der Waals surface area contributed by atoms with Gasteiger partial charge in [0.2, 0.25) is 0 Å². The predicted molar refractivity (Wildman–Crippen MR) is 112 cm³/mol. The lowest BCUT2D eigenvalue weighted by molar-refractivity contribution is -0.151. The second-order valence-electron chi connectivity index (χ2n) is 6.77. The molecule has 0 saturated carbocycles. The highest BCUT2D eigenvalue weighted by molar-refractivity contribution is 5.74. The molecule has 8 heteroatoms. The number of anilines is 1. The molecule has 0 spiro atoms. The van der Waals surface area contributed by atoms with E-state index in [-0.39, 0.29) is 13.0 Å². The zero-order valence-electron chi connectivity index (χ0n) is 17.1. The van der Waals surface area contributed by atoms with Crippen LogP contribution in [-0.4, -0.2) is 62.7 Å². The van der Waals surface area contributed by atoms with Crippen molar-refractivity contribution in [2.45, 2.75) is 12.5 Å². The number of benzene rings is 2. The smallest absolute Gasteiger partial charge is 0.333 e. The van der Waals surface area contributed by atoms with Crippen LogP contribution in [0, 0.1) is 0 Å². The highest BCUT2D eigenvalue weighted by Crippen LogP contribution is 2.20. The molecule has 1 atom stereocenters. The fraction of sp³-hybridized carbons (Fsp3) is 0.364. The van der Waals surface area contributed by atoms with E-state index in [1.807, 2.05) is 60.5 Å². The number of likely N-dealkylation sites (N-methyl/N-ethyl adjacent to an activating group) is 1. The first-order valence-electron chi connectivity index (χ1n) is 9.68. The summed E-state index contributed by atoms with van der Waals surface area (Å²) in [6, 6.07) is 15.5. The van der Waals surface area contributed by atoms with Gasteiger partial charge in [-0.3, -0.25) is 0 Å². The molecule has 30 heavy (non-hydrogen) atoms. The number of carbonyl (C=O) groups is 1. The SMILES string of the molecule is COCCO[C@@H](Cc1ccc(OCCN(C)c2nc3ccccc3o2)cc1)C(=O)O. The van der Waals surface area contributed by atoms with Gasteiger partial charge in [0.15, 0.2) is 11.7 Å². The average molecular weight is 414 g/mol. The Balaban J connectivity index is 1.47. The minimum atomic E-state index is -0.992. The normalized spacial score (nSPS) is 12.1. The Morgan fingerprint density at radius 2 is 1.90 bits per heavy atom. The van der Waals surface area contributed by atoms with Crippen molar-refractivity contribution in [3.05, 3.63) is 54.1 Å². The maximum atomic E-state index is 11.3. The summed E-state index contributed by atoms with van der Waals surface area (Å²) in [5.41, 5.74) is 2.43. The van der Waals surface area contributed by atoms with Crippen LogP contribution in [0.1, 0.15) is 5.56 Å². The molecule has 0 bridgehead atoms. The fourth-order valence-corrected chi connectivity index (χ4v) is 2.85. The number of aliphatic carboxylic acids is 1. The lowest BCUT2D eigenvalue weighted by Crippen LogP contribution is -2.27. The van der Waals surface area contributed by atoms with Crippen LogP contribution in [0.15, 0.2) is 52.9 Å². The molecule has 3 rings (SSSR count). The zero-order valence-corrected chi connectivity index (χ0v) is 17.1. The van der Waals surface area contributed by atoms with Crippen LogP contribution in [0.4, 0.5) is 6.01 Å². The van der Waals surface area contributed by atoms with Crippen molar-refractivity contribution in [1.82, 2.24) is 4.98 Å². The van der Waals surface area contributed by atoms with Crippen LogP contribution < -0.4 is 9.64 Å². The summed E-state index contributed by atoms with van der Waals surface area (Å²) in [6.07, 6.45) is -0.628. The number of rotatable bonds is 12. The summed E-state index contributed by atoms with van der Waals surface area (Å²) in [7, 11) is 3.44.